The first kappa shape index (κ1) is 16.7. The lowest BCUT2D eigenvalue weighted by Gasteiger charge is -2.04. The Morgan fingerprint density at radius 1 is 1.28 bits per heavy atom. The van der Waals surface area contributed by atoms with Crippen LogP contribution in [0.2, 0.25) is 0 Å². The van der Waals surface area contributed by atoms with Crippen molar-refractivity contribution in [1.29, 1.82) is 0 Å². The van der Waals surface area contributed by atoms with Gasteiger partial charge in [0.2, 0.25) is 5.76 Å². The predicted molar refractivity (Wildman–Crippen MR) is 91.1 cm³/mol. The Morgan fingerprint density at radius 3 is 2.72 bits per heavy atom. The van der Waals surface area contributed by atoms with E-state index >= 15 is 0 Å². The number of hydrogen-bond acceptors (Lipinski definition) is 7. The number of rotatable bonds is 5. The number of nitro groups is 1. The molecule has 0 saturated carbocycles. The molecule has 0 spiro atoms. The highest BCUT2D eigenvalue weighted by Gasteiger charge is 2.24. The van der Waals surface area contributed by atoms with Gasteiger partial charge in [0.1, 0.15) is 11.3 Å². The molecular formula is C16H12N2O6S. The quantitative estimate of drug-likeness (QED) is 0.420. The monoisotopic (exact) mass is 360 g/mol. The number of ether oxygens (including phenoxy) is 1. The maximum Gasteiger partial charge on any atom is 0.376 e. The van der Waals surface area contributed by atoms with Crippen molar-refractivity contribution in [3.05, 3.63) is 57.1 Å². The second-order valence-electron chi connectivity index (χ2n) is 4.87. The largest absolute Gasteiger partial charge is 0.460 e. The molecule has 0 unspecified atom stereocenters. The lowest BCUT2D eigenvalue weighted by atomic mass is 10.2. The molecule has 2 heterocycles. The van der Waals surface area contributed by atoms with Gasteiger partial charge in [-0.15, -0.1) is 0 Å². The summed E-state index contributed by atoms with van der Waals surface area (Å²) in [4.78, 5) is 34.8. The van der Waals surface area contributed by atoms with Crippen molar-refractivity contribution in [1.82, 2.24) is 0 Å². The molecule has 3 rings (SSSR count). The number of nitrogens with zero attached hydrogens (tertiary/aromatic N) is 1. The Kier molecular flexibility index (Phi) is 4.48. The van der Waals surface area contributed by atoms with Crippen LogP contribution >= 0.6 is 11.3 Å². The smallest absolute Gasteiger partial charge is 0.376 e. The van der Waals surface area contributed by atoms with Crippen molar-refractivity contribution >= 4 is 44.9 Å². The molecule has 0 saturated heterocycles. The SMILES string of the molecule is CCOC(=O)c1oc2ccccc2c1NC(=O)c1ccc([N+](=O)[O-])s1. The number of amides is 1. The molecule has 1 N–H and O–H groups in total. The van der Waals surface area contributed by atoms with Crippen LogP contribution in [0.4, 0.5) is 10.7 Å². The van der Waals surface area contributed by atoms with Crippen molar-refractivity contribution in [2.45, 2.75) is 6.92 Å². The number of hydrogen-bond donors (Lipinski definition) is 1. The van der Waals surface area contributed by atoms with E-state index < -0.39 is 16.8 Å². The fourth-order valence-corrected chi connectivity index (χ4v) is 2.95. The molecule has 1 amide bonds. The summed E-state index contributed by atoms with van der Waals surface area (Å²) in [5.41, 5.74) is 0.591. The average Bonchev–Trinajstić information content (AvgIpc) is 3.21. The van der Waals surface area contributed by atoms with Crippen LogP contribution in [0.1, 0.15) is 27.2 Å². The first-order chi connectivity index (χ1) is 12.0. The minimum absolute atomic E-state index is 0.123. The zero-order chi connectivity index (χ0) is 18.0. The van der Waals surface area contributed by atoms with E-state index in [1.54, 1.807) is 31.2 Å². The van der Waals surface area contributed by atoms with Crippen molar-refractivity contribution in [3.63, 3.8) is 0 Å². The summed E-state index contributed by atoms with van der Waals surface area (Å²) in [6, 6.07) is 9.41. The number of thiophene rings is 1. The Labute approximate surface area is 145 Å². The molecule has 0 atom stereocenters. The number of carbonyl (C=O) groups excluding carboxylic acids is 2. The number of benzene rings is 1. The van der Waals surface area contributed by atoms with Gasteiger partial charge in [0.05, 0.1) is 16.4 Å². The van der Waals surface area contributed by atoms with E-state index in [1.807, 2.05) is 0 Å². The summed E-state index contributed by atoms with van der Waals surface area (Å²) >= 11 is 0.743. The normalized spacial score (nSPS) is 10.6. The van der Waals surface area contributed by atoms with Crippen LogP contribution in [-0.2, 0) is 4.74 Å². The second kappa shape index (κ2) is 6.73. The molecular weight excluding hydrogens is 348 g/mol. The lowest BCUT2D eigenvalue weighted by Crippen LogP contribution is -2.13. The Hall–Kier alpha value is -3.20. The molecule has 2 aromatic heterocycles. The number of fused-ring (bicyclic) bond motifs is 1. The molecule has 0 aliphatic carbocycles. The van der Waals surface area contributed by atoms with E-state index in [4.69, 9.17) is 9.15 Å². The minimum Gasteiger partial charge on any atom is -0.460 e. The van der Waals surface area contributed by atoms with E-state index in [-0.39, 0.29) is 27.9 Å². The van der Waals surface area contributed by atoms with Crippen molar-refractivity contribution in [2.75, 3.05) is 11.9 Å². The topological polar surface area (TPSA) is 112 Å². The van der Waals surface area contributed by atoms with Crippen LogP contribution in [0.15, 0.2) is 40.8 Å². The Bertz CT molecular complexity index is 974. The van der Waals surface area contributed by atoms with E-state index in [1.165, 1.54) is 12.1 Å². The molecule has 0 fully saturated rings. The third-order valence-electron chi connectivity index (χ3n) is 3.29. The fourth-order valence-electron chi connectivity index (χ4n) is 2.23. The Balaban J connectivity index is 1.98. The Morgan fingerprint density at radius 2 is 2.04 bits per heavy atom. The van der Waals surface area contributed by atoms with Crippen LogP contribution in [0.25, 0.3) is 11.0 Å². The van der Waals surface area contributed by atoms with Gasteiger partial charge in [-0.25, -0.2) is 4.79 Å². The van der Waals surface area contributed by atoms with Crippen LogP contribution in [0, 0.1) is 10.1 Å². The molecule has 25 heavy (non-hydrogen) atoms. The van der Waals surface area contributed by atoms with Gasteiger partial charge in [0, 0.05) is 11.5 Å². The molecule has 0 radical (unpaired) electrons. The molecule has 9 heteroatoms. The van der Waals surface area contributed by atoms with Crippen molar-refractivity contribution in [3.8, 4) is 0 Å². The summed E-state index contributed by atoms with van der Waals surface area (Å²) < 4.78 is 10.4. The van der Waals surface area contributed by atoms with Crippen LogP contribution in [0.3, 0.4) is 0 Å². The highest BCUT2D eigenvalue weighted by molar-refractivity contribution is 7.17. The van der Waals surface area contributed by atoms with Gasteiger partial charge < -0.3 is 14.5 Å². The van der Waals surface area contributed by atoms with Crippen LogP contribution in [-0.4, -0.2) is 23.4 Å². The summed E-state index contributed by atoms with van der Waals surface area (Å²) in [6.07, 6.45) is 0. The van der Waals surface area contributed by atoms with Crippen molar-refractivity contribution in [2.24, 2.45) is 0 Å². The molecule has 8 nitrogen and oxygen atoms in total. The summed E-state index contributed by atoms with van der Waals surface area (Å²) in [5, 5.41) is 13.7. The number of furan rings is 1. The number of carbonyl (C=O) groups is 2. The number of esters is 1. The zero-order valence-corrected chi connectivity index (χ0v) is 13.8. The number of nitrogens with one attached hydrogen (secondary N) is 1. The third kappa shape index (κ3) is 3.22. The standard InChI is InChI=1S/C16H12N2O6S/c1-2-23-16(20)14-13(9-5-3-4-6-10(9)24-14)17-15(19)11-7-8-12(25-11)18(21)22/h3-8H,2H2,1H3,(H,17,19). The highest BCUT2D eigenvalue weighted by atomic mass is 32.1. The molecule has 3 aromatic rings. The summed E-state index contributed by atoms with van der Waals surface area (Å²) in [5.74, 6) is -1.40. The van der Waals surface area contributed by atoms with E-state index in [0.29, 0.717) is 11.0 Å². The van der Waals surface area contributed by atoms with Gasteiger partial charge in [-0.05, 0) is 25.1 Å². The first-order valence-electron chi connectivity index (χ1n) is 7.25. The van der Waals surface area contributed by atoms with E-state index in [9.17, 15) is 19.7 Å². The van der Waals surface area contributed by atoms with Gasteiger partial charge in [-0.2, -0.15) is 0 Å². The van der Waals surface area contributed by atoms with Crippen LogP contribution < -0.4 is 5.32 Å². The van der Waals surface area contributed by atoms with Gasteiger partial charge in [0.15, 0.2) is 0 Å². The van der Waals surface area contributed by atoms with E-state index in [2.05, 4.69) is 5.32 Å². The van der Waals surface area contributed by atoms with E-state index in [0.717, 1.165) is 11.3 Å². The number of anilines is 1. The number of para-hydroxylation sites is 1. The molecule has 1 aromatic carbocycles. The fraction of sp³-hybridized carbons (Fsp3) is 0.125. The average molecular weight is 360 g/mol. The van der Waals surface area contributed by atoms with Crippen LogP contribution in [0.5, 0.6) is 0 Å². The predicted octanol–water partition coefficient (Wildman–Crippen LogP) is 3.83. The van der Waals surface area contributed by atoms with Crippen molar-refractivity contribution < 1.29 is 23.7 Å². The lowest BCUT2D eigenvalue weighted by molar-refractivity contribution is -0.380. The molecule has 0 aliphatic heterocycles. The third-order valence-corrected chi connectivity index (χ3v) is 4.33. The first-order valence-corrected chi connectivity index (χ1v) is 8.07. The summed E-state index contributed by atoms with van der Waals surface area (Å²) in [6.45, 7) is 1.81. The molecule has 0 aliphatic rings. The summed E-state index contributed by atoms with van der Waals surface area (Å²) in [7, 11) is 0. The maximum absolute atomic E-state index is 12.4. The highest BCUT2D eigenvalue weighted by Crippen LogP contribution is 2.33. The second-order valence-corrected chi connectivity index (χ2v) is 5.93. The van der Waals surface area contributed by atoms with Gasteiger partial charge in [0.25, 0.3) is 5.91 Å². The van der Waals surface area contributed by atoms with Gasteiger partial charge in [-0.3, -0.25) is 14.9 Å². The zero-order valence-electron chi connectivity index (χ0n) is 13.0. The molecule has 128 valence electrons. The van der Waals surface area contributed by atoms with Gasteiger partial charge in [-0.1, -0.05) is 23.5 Å². The van der Waals surface area contributed by atoms with Gasteiger partial charge >= 0.3 is 11.0 Å². The minimum atomic E-state index is -0.703. The molecule has 0 bridgehead atoms. The maximum atomic E-state index is 12.4.